The van der Waals surface area contributed by atoms with Crippen LogP contribution in [0.25, 0.3) is 0 Å². The van der Waals surface area contributed by atoms with Crippen LogP contribution in [0.2, 0.25) is 0 Å². The highest BCUT2D eigenvalue weighted by Gasteiger charge is 2.33. The number of benzene rings is 1. The average molecular weight is 391 g/mol. The predicted molar refractivity (Wildman–Crippen MR) is 102 cm³/mol. The monoisotopic (exact) mass is 391 g/mol. The number of hydrogen-bond donors (Lipinski definition) is 1. The summed E-state index contributed by atoms with van der Waals surface area (Å²) in [6.45, 7) is 0.653. The largest absolute Gasteiger partial charge is 0.383 e. The van der Waals surface area contributed by atoms with E-state index < -0.39 is 9.84 Å². The quantitative estimate of drug-likeness (QED) is 0.816. The summed E-state index contributed by atoms with van der Waals surface area (Å²) in [5, 5.41) is 3.21. The van der Waals surface area contributed by atoms with Gasteiger partial charge in [0.15, 0.2) is 9.84 Å². The summed E-state index contributed by atoms with van der Waals surface area (Å²) in [6.07, 6.45) is 2.78. The summed E-state index contributed by atoms with van der Waals surface area (Å²) < 4.78 is 36.1. The fourth-order valence-corrected chi connectivity index (χ4v) is 4.83. The van der Waals surface area contributed by atoms with Gasteiger partial charge >= 0.3 is 0 Å². The van der Waals surface area contributed by atoms with E-state index >= 15 is 0 Å². The van der Waals surface area contributed by atoms with Crippen LogP contribution in [0.15, 0.2) is 42.6 Å². The molecule has 8 heteroatoms. The molecule has 1 aromatic heterocycles. The van der Waals surface area contributed by atoms with E-state index in [0.717, 1.165) is 17.7 Å². The number of rotatable bonds is 6. The summed E-state index contributed by atoms with van der Waals surface area (Å²) in [5.74, 6) is -0.399. The number of nitrogens with zero attached hydrogens (tertiary/aromatic N) is 2. The maximum atomic E-state index is 12.9. The van der Waals surface area contributed by atoms with E-state index in [1.54, 1.807) is 37.5 Å². The first kappa shape index (κ1) is 19.3. The van der Waals surface area contributed by atoms with Crippen LogP contribution < -0.4 is 5.32 Å². The number of halogens is 1. The molecule has 1 aliphatic rings. The number of anilines is 1. The molecule has 1 aliphatic heterocycles. The molecule has 1 amide bonds. The number of pyridine rings is 1. The van der Waals surface area contributed by atoms with Gasteiger partial charge in [0.25, 0.3) is 5.91 Å². The summed E-state index contributed by atoms with van der Waals surface area (Å²) in [5.41, 5.74) is 2.09. The molecule has 3 rings (SSSR count). The Labute approximate surface area is 158 Å². The molecular formula is C19H22FN3O3S. The van der Waals surface area contributed by atoms with E-state index in [1.165, 1.54) is 17.0 Å². The molecule has 1 unspecified atom stereocenters. The van der Waals surface area contributed by atoms with E-state index in [9.17, 15) is 17.6 Å². The van der Waals surface area contributed by atoms with Crippen LogP contribution in [0.5, 0.6) is 0 Å². The van der Waals surface area contributed by atoms with Gasteiger partial charge in [-0.05, 0) is 42.7 Å². The minimum Gasteiger partial charge on any atom is -0.383 e. The number of sulfone groups is 1. The van der Waals surface area contributed by atoms with Gasteiger partial charge in [0.05, 0.1) is 23.4 Å². The van der Waals surface area contributed by atoms with Crippen molar-refractivity contribution in [3.63, 3.8) is 0 Å². The molecule has 0 bridgehead atoms. The third-order valence-corrected chi connectivity index (χ3v) is 6.47. The van der Waals surface area contributed by atoms with Gasteiger partial charge in [-0.3, -0.25) is 4.79 Å². The lowest BCUT2D eigenvalue weighted by Gasteiger charge is -2.23. The highest BCUT2D eigenvalue weighted by molar-refractivity contribution is 7.91. The third-order valence-electron chi connectivity index (χ3n) is 4.72. The number of amides is 1. The zero-order valence-electron chi connectivity index (χ0n) is 15.1. The van der Waals surface area contributed by atoms with Crippen LogP contribution in [0, 0.1) is 5.82 Å². The van der Waals surface area contributed by atoms with Crippen LogP contribution in [-0.2, 0) is 16.3 Å². The maximum Gasteiger partial charge on any atom is 0.272 e. The molecule has 1 fully saturated rings. The van der Waals surface area contributed by atoms with Gasteiger partial charge in [-0.2, -0.15) is 0 Å². The van der Waals surface area contributed by atoms with Gasteiger partial charge in [0.2, 0.25) is 0 Å². The lowest BCUT2D eigenvalue weighted by Crippen LogP contribution is -2.38. The molecule has 0 spiro atoms. The Morgan fingerprint density at radius 1 is 1.26 bits per heavy atom. The van der Waals surface area contributed by atoms with Crippen molar-refractivity contribution < 1.29 is 17.6 Å². The van der Waals surface area contributed by atoms with Crippen LogP contribution >= 0.6 is 0 Å². The molecule has 2 aromatic rings. The molecule has 0 aliphatic carbocycles. The van der Waals surface area contributed by atoms with E-state index in [2.05, 4.69) is 10.3 Å². The number of nitrogens with one attached hydrogen (secondary N) is 1. The highest BCUT2D eigenvalue weighted by Crippen LogP contribution is 2.18. The fourth-order valence-electron chi connectivity index (χ4n) is 3.05. The summed E-state index contributed by atoms with van der Waals surface area (Å²) in [6, 6.07) is 9.46. The van der Waals surface area contributed by atoms with Crippen molar-refractivity contribution in [3.8, 4) is 0 Å². The Kier molecular flexibility index (Phi) is 5.74. The van der Waals surface area contributed by atoms with Crippen LogP contribution in [0.4, 0.5) is 10.1 Å². The Morgan fingerprint density at radius 3 is 2.59 bits per heavy atom. The molecule has 1 atom stereocenters. The predicted octanol–water partition coefficient (Wildman–Crippen LogP) is 2.13. The second kappa shape index (κ2) is 8.04. The first-order chi connectivity index (χ1) is 12.8. The molecule has 6 nitrogen and oxygen atoms in total. The molecule has 1 saturated heterocycles. The van der Waals surface area contributed by atoms with Gasteiger partial charge in [-0.15, -0.1) is 0 Å². The van der Waals surface area contributed by atoms with Gasteiger partial charge in [0.1, 0.15) is 11.5 Å². The Hall–Kier alpha value is -2.48. The topological polar surface area (TPSA) is 79.4 Å². The number of aromatic nitrogens is 1. The Bertz CT molecular complexity index is 899. The standard InChI is InChI=1S/C19H22FN3O3S/c1-23(17-9-11-27(25,26)13-17)19(24)18-7-6-16(12-22-18)21-10-8-14-2-4-15(20)5-3-14/h2-7,12,17,21H,8-11,13H2,1H3. The van der Waals surface area contributed by atoms with Crippen molar-refractivity contribution in [1.29, 1.82) is 0 Å². The molecule has 2 heterocycles. The fraction of sp³-hybridized carbons (Fsp3) is 0.368. The van der Waals surface area contributed by atoms with Crippen molar-refractivity contribution in [2.24, 2.45) is 0 Å². The zero-order valence-corrected chi connectivity index (χ0v) is 15.9. The van der Waals surface area contributed by atoms with Gasteiger partial charge in [-0.25, -0.2) is 17.8 Å². The SMILES string of the molecule is CN(C(=O)c1ccc(NCCc2ccc(F)cc2)cn1)C1CCS(=O)(=O)C1. The maximum absolute atomic E-state index is 12.9. The van der Waals surface area contributed by atoms with Crippen molar-refractivity contribution in [1.82, 2.24) is 9.88 Å². The van der Waals surface area contributed by atoms with Crippen molar-refractivity contribution in [2.45, 2.75) is 18.9 Å². The molecule has 0 saturated carbocycles. The first-order valence-corrected chi connectivity index (χ1v) is 10.6. The molecule has 27 heavy (non-hydrogen) atoms. The van der Waals surface area contributed by atoms with Gasteiger partial charge < -0.3 is 10.2 Å². The van der Waals surface area contributed by atoms with Crippen LogP contribution in [0.1, 0.15) is 22.5 Å². The van der Waals surface area contributed by atoms with Gasteiger partial charge in [-0.1, -0.05) is 12.1 Å². The van der Waals surface area contributed by atoms with Crippen LogP contribution in [-0.4, -0.2) is 55.3 Å². The second-order valence-electron chi connectivity index (χ2n) is 6.71. The molecule has 144 valence electrons. The number of carbonyl (C=O) groups is 1. The van der Waals surface area contributed by atoms with E-state index in [4.69, 9.17) is 0 Å². The second-order valence-corrected chi connectivity index (χ2v) is 8.94. The molecule has 1 aromatic carbocycles. The molecule has 0 radical (unpaired) electrons. The summed E-state index contributed by atoms with van der Waals surface area (Å²) in [4.78, 5) is 18.2. The summed E-state index contributed by atoms with van der Waals surface area (Å²) in [7, 11) is -1.43. The summed E-state index contributed by atoms with van der Waals surface area (Å²) >= 11 is 0. The van der Waals surface area contributed by atoms with Crippen LogP contribution in [0.3, 0.4) is 0 Å². The Morgan fingerprint density at radius 2 is 2.00 bits per heavy atom. The first-order valence-electron chi connectivity index (χ1n) is 8.76. The van der Waals surface area contributed by atoms with Crippen molar-refractivity contribution in [3.05, 3.63) is 59.7 Å². The smallest absolute Gasteiger partial charge is 0.272 e. The normalized spacial score (nSPS) is 18.2. The third kappa shape index (κ3) is 5.03. The molecular weight excluding hydrogens is 369 g/mol. The number of hydrogen-bond acceptors (Lipinski definition) is 5. The Balaban J connectivity index is 1.53. The van der Waals surface area contributed by atoms with E-state index in [1.807, 2.05) is 0 Å². The van der Waals surface area contributed by atoms with Gasteiger partial charge in [0, 0.05) is 19.6 Å². The average Bonchev–Trinajstić information content (AvgIpc) is 3.02. The highest BCUT2D eigenvalue weighted by atomic mass is 32.2. The van der Waals surface area contributed by atoms with Crippen molar-refractivity contribution in [2.75, 3.05) is 30.4 Å². The zero-order chi connectivity index (χ0) is 19.4. The minimum absolute atomic E-state index is 0.0122. The lowest BCUT2D eigenvalue weighted by molar-refractivity contribution is 0.0742. The van der Waals surface area contributed by atoms with E-state index in [-0.39, 0.29) is 35.0 Å². The van der Waals surface area contributed by atoms with Crippen molar-refractivity contribution >= 4 is 21.4 Å². The molecule has 1 N–H and O–H groups in total. The van der Waals surface area contributed by atoms with E-state index in [0.29, 0.717) is 13.0 Å². The minimum atomic E-state index is -3.04. The lowest BCUT2D eigenvalue weighted by atomic mass is 10.1. The number of carbonyl (C=O) groups excluding carboxylic acids is 1.